The van der Waals surface area contributed by atoms with Crippen LogP contribution in [0.4, 0.5) is 0 Å². The number of likely N-dealkylation sites (tertiary alicyclic amines) is 1. The summed E-state index contributed by atoms with van der Waals surface area (Å²) in [5.74, 6) is 0. The lowest BCUT2D eigenvalue weighted by Gasteiger charge is -2.36. The lowest BCUT2D eigenvalue weighted by molar-refractivity contribution is 0.163. The normalized spacial score (nSPS) is 28.2. The van der Waals surface area contributed by atoms with Crippen LogP contribution in [0.3, 0.4) is 0 Å². The Bertz CT molecular complexity index is 323. The maximum Gasteiger partial charge on any atom is 0.00966 e. The number of rotatable bonds is 4. The van der Waals surface area contributed by atoms with Crippen molar-refractivity contribution in [3.63, 3.8) is 0 Å². The Hall–Kier alpha value is -0.380. The van der Waals surface area contributed by atoms with Gasteiger partial charge in [-0.15, -0.1) is 0 Å². The lowest BCUT2D eigenvalue weighted by Crippen LogP contribution is -2.48. The van der Waals surface area contributed by atoms with Gasteiger partial charge in [0.1, 0.15) is 0 Å². The van der Waals surface area contributed by atoms with Gasteiger partial charge in [0.2, 0.25) is 0 Å². The van der Waals surface area contributed by atoms with Crippen LogP contribution in [0.15, 0.2) is 16.8 Å². The molecule has 0 aromatic carbocycles. The van der Waals surface area contributed by atoms with Gasteiger partial charge >= 0.3 is 0 Å². The van der Waals surface area contributed by atoms with E-state index >= 15 is 0 Å². The maximum atomic E-state index is 3.79. The number of hydrogen-bond acceptors (Lipinski definition) is 3. The van der Waals surface area contributed by atoms with Gasteiger partial charge in [0.05, 0.1) is 0 Å². The first kappa shape index (κ1) is 13.1. The van der Waals surface area contributed by atoms with E-state index in [2.05, 4.69) is 47.9 Å². The Balaban J connectivity index is 1.77. The van der Waals surface area contributed by atoms with Crippen molar-refractivity contribution in [3.8, 4) is 0 Å². The molecule has 1 N–H and O–H groups in total. The fourth-order valence-corrected chi connectivity index (χ4v) is 3.35. The molecule has 1 fully saturated rings. The Morgan fingerprint density at radius 2 is 2.41 bits per heavy atom. The van der Waals surface area contributed by atoms with E-state index < -0.39 is 0 Å². The van der Waals surface area contributed by atoms with Crippen molar-refractivity contribution in [2.75, 3.05) is 13.6 Å². The van der Waals surface area contributed by atoms with Gasteiger partial charge in [-0.3, -0.25) is 0 Å². The first-order valence-corrected chi connectivity index (χ1v) is 7.57. The molecule has 1 aromatic heterocycles. The van der Waals surface area contributed by atoms with Crippen LogP contribution in [-0.2, 0) is 6.42 Å². The van der Waals surface area contributed by atoms with Crippen molar-refractivity contribution >= 4 is 11.3 Å². The lowest BCUT2D eigenvalue weighted by atomic mass is 9.97. The van der Waals surface area contributed by atoms with Crippen molar-refractivity contribution < 1.29 is 0 Å². The van der Waals surface area contributed by atoms with Gasteiger partial charge in [-0.25, -0.2) is 0 Å². The molecule has 2 rings (SSSR count). The van der Waals surface area contributed by atoms with Crippen LogP contribution in [0, 0.1) is 0 Å². The summed E-state index contributed by atoms with van der Waals surface area (Å²) >= 11 is 1.79. The fourth-order valence-electron chi connectivity index (χ4n) is 2.66. The smallest absolute Gasteiger partial charge is 0.00966 e. The van der Waals surface area contributed by atoms with Gasteiger partial charge in [-0.2, -0.15) is 11.3 Å². The monoisotopic (exact) mass is 252 g/mol. The van der Waals surface area contributed by atoms with Crippen LogP contribution >= 0.6 is 11.3 Å². The van der Waals surface area contributed by atoms with E-state index in [1.54, 1.807) is 11.3 Å². The summed E-state index contributed by atoms with van der Waals surface area (Å²) in [5, 5.41) is 8.21. The molecule has 3 heteroatoms. The van der Waals surface area contributed by atoms with Crippen molar-refractivity contribution in [2.45, 2.75) is 51.2 Å². The minimum atomic E-state index is 0.588. The number of nitrogens with one attached hydrogen (secondary N) is 1. The molecule has 0 radical (unpaired) electrons. The molecule has 1 aliphatic heterocycles. The number of hydrogen-bond donors (Lipinski definition) is 1. The molecule has 0 spiro atoms. The number of piperidine rings is 1. The largest absolute Gasteiger partial charge is 0.311 e. The molecule has 0 bridgehead atoms. The van der Waals surface area contributed by atoms with Gasteiger partial charge in [0.15, 0.2) is 0 Å². The molecule has 1 saturated heterocycles. The van der Waals surface area contributed by atoms with E-state index in [4.69, 9.17) is 0 Å². The first-order chi connectivity index (χ1) is 8.15. The molecule has 1 aromatic rings. The summed E-state index contributed by atoms with van der Waals surface area (Å²) in [6.45, 7) is 5.86. The summed E-state index contributed by atoms with van der Waals surface area (Å²) in [5.41, 5.74) is 1.47. The maximum absolute atomic E-state index is 3.79. The molecule has 0 aliphatic carbocycles. The quantitative estimate of drug-likeness (QED) is 0.886. The van der Waals surface area contributed by atoms with Crippen LogP contribution in [0.2, 0.25) is 0 Å². The highest BCUT2D eigenvalue weighted by Crippen LogP contribution is 2.16. The molecule has 0 saturated carbocycles. The van der Waals surface area contributed by atoms with Gasteiger partial charge in [0, 0.05) is 18.1 Å². The van der Waals surface area contributed by atoms with Crippen molar-refractivity contribution in [2.24, 2.45) is 0 Å². The second-order valence-corrected chi connectivity index (χ2v) is 6.23. The molecule has 17 heavy (non-hydrogen) atoms. The molecule has 3 unspecified atom stereocenters. The number of thiophene rings is 1. The zero-order chi connectivity index (χ0) is 12.3. The number of nitrogens with zero attached hydrogens (tertiary/aromatic N) is 1. The van der Waals surface area contributed by atoms with E-state index in [1.165, 1.54) is 24.9 Å². The average molecular weight is 252 g/mol. The van der Waals surface area contributed by atoms with Crippen LogP contribution < -0.4 is 5.32 Å². The fraction of sp³-hybridized carbons (Fsp3) is 0.714. The van der Waals surface area contributed by atoms with Gasteiger partial charge in [-0.05, 0) is 69.1 Å². The summed E-state index contributed by atoms with van der Waals surface area (Å²) in [6.07, 6.45) is 3.73. The zero-order valence-electron chi connectivity index (χ0n) is 11.1. The second-order valence-electron chi connectivity index (χ2n) is 5.45. The Labute approximate surface area is 109 Å². The van der Waals surface area contributed by atoms with Gasteiger partial charge < -0.3 is 10.2 Å². The van der Waals surface area contributed by atoms with E-state index in [0.29, 0.717) is 12.1 Å². The molecular weight excluding hydrogens is 228 g/mol. The summed E-state index contributed by atoms with van der Waals surface area (Å²) in [4.78, 5) is 2.46. The Morgan fingerprint density at radius 3 is 3.06 bits per heavy atom. The molecule has 1 aliphatic rings. The highest BCUT2D eigenvalue weighted by atomic mass is 32.1. The molecule has 2 nitrogen and oxygen atoms in total. The van der Waals surface area contributed by atoms with Gasteiger partial charge in [-0.1, -0.05) is 0 Å². The highest BCUT2D eigenvalue weighted by Gasteiger charge is 2.23. The SMILES string of the molecule is CC(Cc1ccsc1)NC1CCN(C)C(C)C1. The van der Waals surface area contributed by atoms with Gasteiger partial charge in [0.25, 0.3) is 0 Å². The Morgan fingerprint density at radius 1 is 1.59 bits per heavy atom. The van der Waals surface area contributed by atoms with Crippen molar-refractivity contribution in [1.29, 1.82) is 0 Å². The third-order valence-electron chi connectivity index (χ3n) is 3.85. The van der Waals surface area contributed by atoms with Crippen LogP contribution in [0.25, 0.3) is 0 Å². The predicted octanol–water partition coefficient (Wildman–Crippen LogP) is 2.75. The van der Waals surface area contributed by atoms with Crippen LogP contribution in [0.5, 0.6) is 0 Å². The summed E-state index contributed by atoms with van der Waals surface area (Å²) in [6, 6.07) is 4.25. The van der Waals surface area contributed by atoms with Crippen molar-refractivity contribution in [3.05, 3.63) is 22.4 Å². The molecule has 2 heterocycles. The zero-order valence-corrected chi connectivity index (χ0v) is 12.0. The van der Waals surface area contributed by atoms with Crippen LogP contribution in [0.1, 0.15) is 32.3 Å². The minimum Gasteiger partial charge on any atom is -0.311 e. The molecule has 96 valence electrons. The van der Waals surface area contributed by atoms with E-state index in [1.807, 2.05) is 0 Å². The second kappa shape index (κ2) is 5.98. The third-order valence-corrected chi connectivity index (χ3v) is 4.58. The first-order valence-electron chi connectivity index (χ1n) is 6.62. The standard InChI is InChI=1S/C14H24N2S/c1-11(8-13-5-7-17-10-13)15-14-4-6-16(3)12(2)9-14/h5,7,10-12,14-15H,4,6,8-9H2,1-3H3. The summed E-state index contributed by atoms with van der Waals surface area (Å²) in [7, 11) is 2.23. The van der Waals surface area contributed by atoms with E-state index in [9.17, 15) is 0 Å². The van der Waals surface area contributed by atoms with E-state index in [-0.39, 0.29) is 0 Å². The molecule has 3 atom stereocenters. The predicted molar refractivity (Wildman–Crippen MR) is 75.7 cm³/mol. The minimum absolute atomic E-state index is 0.588. The molecule has 0 amide bonds. The topological polar surface area (TPSA) is 15.3 Å². The highest BCUT2D eigenvalue weighted by molar-refractivity contribution is 7.07. The average Bonchev–Trinajstić information content (AvgIpc) is 2.76. The third kappa shape index (κ3) is 3.80. The van der Waals surface area contributed by atoms with E-state index in [0.717, 1.165) is 12.5 Å². The van der Waals surface area contributed by atoms with Crippen molar-refractivity contribution in [1.82, 2.24) is 10.2 Å². The van der Waals surface area contributed by atoms with Crippen LogP contribution in [-0.4, -0.2) is 36.6 Å². The Kier molecular flexibility index (Phi) is 4.60. The molecular formula is C14H24N2S. The summed E-state index contributed by atoms with van der Waals surface area (Å²) < 4.78 is 0.